The summed E-state index contributed by atoms with van der Waals surface area (Å²) in [5, 5.41) is 7.33. The summed E-state index contributed by atoms with van der Waals surface area (Å²) in [7, 11) is 0. The van der Waals surface area contributed by atoms with Gasteiger partial charge in [-0.2, -0.15) is 0 Å². The second kappa shape index (κ2) is 4.92. The Kier molecular flexibility index (Phi) is 3.33. The first-order valence-electron chi connectivity index (χ1n) is 5.76. The molecule has 0 saturated heterocycles. The fourth-order valence-corrected chi connectivity index (χ4v) is 1.66. The molecule has 3 N–H and O–H groups in total. The van der Waals surface area contributed by atoms with E-state index in [-0.39, 0.29) is 5.84 Å². The minimum Gasteiger partial charge on any atom is -0.457 e. The van der Waals surface area contributed by atoms with E-state index in [1.54, 1.807) is 12.1 Å². The van der Waals surface area contributed by atoms with Gasteiger partial charge in [0.1, 0.15) is 17.3 Å². The van der Waals surface area contributed by atoms with E-state index < -0.39 is 0 Å². The Labute approximate surface area is 107 Å². The topological polar surface area (TPSA) is 59.1 Å². The molecule has 3 nitrogen and oxygen atoms in total. The fraction of sp³-hybridized carbons (Fsp3) is 0.133. The van der Waals surface area contributed by atoms with Crippen molar-refractivity contribution in [1.29, 1.82) is 5.41 Å². The van der Waals surface area contributed by atoms with E-state index in [1.165, 1.54) is 5.56 Å². The van der Waals surface area contributed by atoms with Gasteiger partial charge in [0.25, 0.3) is 0 Å². The predicted octanol–water partition coefficient (Wildman–Crippen LogP) is 3.38. The third-order valence-corrected chi connectivity index (χ3v) is 2.95. The average Bonchev–Trinajstić information content (AvgIpc) is 2.36. The highest BCUT2D eigenvalue weighted by molar-refractivity contribution is 5.94. The number of amidine groups is 1. The van der Waals surface area contributed by atoms with Crippen LogP contribution in [0.2, 0.25) is 0 Å². The summed E-state index contributed by atoms with van der Waals surface area (Å²) >= 11 is 0. The third kappa shape index (κ3) is 2.51. The molecular weight excluding hydrogens is 224 g/mol. The van der Waals surface area contributed by atoms with Crippen molar-refractivity contribution in [2.24, 2.45) is 5.73 Å². The first kappa shape index (κ1) is 12.2. The van der Waals surface area contributed by atoms with E-state index >= 15 is 0 Å². The average molecular weight is 240 g/mol. The van der Waals surface area contributed by atoms with Gasteiger partial charge in [0.05, 0.1) is 0 Å². The number of hydrogen-bond acceptors (Lipinski definition) is 2. The highest BCUT2D eigenvalue weighted by Gasteiger charge is 2.03. The predicted molar refractivity (Wildman–Crippen MR) is 73.4 cm³/mol. The molecular formula is C15H16N2O. The maximum atomic E-state index is 7.33. The zero-order valence-corrected chi connectivity index (χ0v) is 10.5. The quantitative estimate of drug-likeness (QED) is 0.638. The van der Waals surface area contributed by atoms with Gasteiger partial charge < -0.3 is 10.5 Å². The lowest BCUT2D eigenvalue weighted by atomic mass is 10.1. The van der Waals surface area contributed by atoms with E-state index in [0.29, 0.717) is 5.56 Å². The Balaban J connectivity index is 2.24. The van der Waals surface area contributed by atoms with Gasteiger partial charge in [0, 0.05) is 5.56 Å². The summed E-state index contributed by atoms with van der Waals surface area (Å²) in [6.07, 6.45) is 0. The Morgan fingerprint density at radius 3 is 2.33 bits per heavy atom. The summed E-state index contributed by atoms with van der Waals surface area (Å²) in [5.41, 5.74) is 8.43. The molecule has 0 heterocycles. The Morgan fingerprint density at radius 2 is 1.72 bits per heavy atom. The zero-order chi connectivity index (χ0) is 13.1. The van der Waals surface area contributed by atoms with E-state index in [4.69, 9.17) is 15.9 Å². The maximum absolute atomic E-state index is 7.33. The lowest BCUT2D eigenvalue weighted by Crippen LogP contribution is -2.10. The molecule has 0 aliphatic rings. The zero-order valence-electron chi connectivity index (χ0n) is 10.5. The molecule has 0 unspecified atom stereocenters. The second-order valence-electron chi connectivity index (χ2n) is 4.24. The van der Waals surface area contributed by atoms with Gasteiger partial charge in [-0.05, 0) is 55.3 Å². The third-order valence-electron chi connectivity index (χ3n) is 2.95. The van der Waals surface area contributed by atoms with Crippen molar-refractivity contribution < 1.29 is 4.74 Å². The van der Waals surface area contributed by atoms with E-state index in [2.05, 4.69) is 13.0 Å². The van der Waals surface area contributed by atoms with Crippen LogP contribution in [0, 0.1) is 19.3 Å². The van der Waals surface area contributed by atoms with Crippen molar-refractivity contribution in [3.8, 4) is 11.5 Å². The summed E-state index contributed by atoms with van der Waals surface area (Å²) in [6, 6.07) is 13.2. The SMILES string of the molecule is Cc1cccc(Oc2ccc(C(=N)N)cc2)c1C. The molecule has 18 heavy (non-hydrogen) atoms. The minimum atomic E-state index is 0.0632. The van der Waals surface area contributed by atoms with Gasteiger partial charge in [0.2, 0.25) is 0 Å². The number of aryl methyl sites for hydroxylation is 1. The normalized spacial score (nSPS) is 10.1. The molecule has 0 radical (unpaired) electrons. The summed E-state index contributed by atoms with van der Waals surface area (Å²) < 4.78 is 5.81. The van der Waals surface area contributed by atoms with E-state index in [9.17, 15) is 0 Å². The smallest absolute Gasteiger partial charge is 0.130 e. The molecule has 0 fully saturated rings. The van der Waals surface area contributed by atoms with Crippen LogP contribution in [0.5, 0.6) is 11.5 Å². The van der Waals surface area contributed by atoms with Crippen LogP contribution in [-0.2, 0) is 0 Å². The Morgan fingerprint density at radius 1 is 1.06 bits per heavy atom. The van der Waals surface area contributed by atoms with Crippen molar-refractivity contribution >= 4 is 5.84 Å². The number of nitrogens with one attached hydrogen (secondary N) is 1. The van der Waals surface area contributed by atoms with Gasteiger partial charge >= 0.3 is 0 Å². The van der Waals surface area contributed by atoms with Crippen LogP contribution < -0.4 is 10.5 Å². The van der Waals surface area contributed by atoms with Crippen LogP contribution in [0.3, 0.4) is 0 Å². The highest BCUT2D eigenvalue weighted by Crippen LogP contribution is 2.26. The van der Waals surface area contributed by atoms with Gasteiger partial charge in [-0.25, -0.2) is 0 Å². The van der Waals surface area contributed by atoms with Crippen LogP contribution in [0.25, 0.3) is 0 Å². The second-order valence-corrected chi connectivity index (χ2v) is 4.24. The van der Waals surface area contributed by atoms with Gasteiger partial charge in [0.15, 0.2) is 0 Å². The Hall–Kier alpha value is -2.29. The van der Waals surface area contributed by atoms with Crippen LogP contribution in [0.1, 0.15) is 16.7 Å². The first-order chi connectivity index (χ1) is 8.58. The van der Waals surface area contributed by atoms with Gasteiger partial charge in [-0.1, -0.05) is 12.1 Å². The lowest BCUT2D eigenvalue weighted by Gasteiger charge is -2.10. The van der Waals surface area contributed by atoms with E-state index in [0.717, 1.165) is 17.1 Å². The molecule has 92 valence electrons. The molecule has 2 rings (SSSR count). The Bertz CT molecular complexity index is 574. The number of ether oxygens (including phenoxy) is 1. The van der Waals surface area contributed by atoms with Crippen LogP contribution in [0.4, 0.5) is 0 Å². The number of nitrogens with two attached hydrogens (primary N) is 1. The van der Waals surface area contributed by atoms with Gasteiger partial charge in [-0.15, -0.1) is 0 Å². The molecule has 3 heteroatoms. The molecule has 0 atom stereocenters. The monoisotopic (exact) mass is 240 g/mol. The number of hydrogen-bond donors (Lipinski definition) is 2. The molecule has 0 spiro atoms. The van der Waals surface area contributed by atoms with Crippen molar-refractivity contribution in [2.45, 2.75) is 13.8 Å². The molecule has 0 aliphatic heterocycles. The molecule has 0 aliphatic carbocycles. The number of benzene rings is 2. The maximum Gasteiger partial charge on any atom is 0.130 e. The molecule has 0 amide bonds. The molecule has 0 bridgehead atoms. The van der Waals surface area contributed by atoms with Crippen LogP contribution in [0.15, 0.2) is 42.5 Å². The number of nitrogen functional groups attached to an aromatic ring is 1. The van der Waals surface area contributed by atoms with Crippen molar-refractivity contribution in [1.82, 2.24) is 0 Å². The molecule has 0 saturated carbocycles. The summed E-state index contributed by atoms with van der Waals surface area (Å²) in [4.78, 5) is 0. The van der Waals surface area contributed by atoms with Crippen molar-refractivity contribution in [3.63, 3.8) is 0 Å². The van der Waals surface area contributed by atoms with E-state index in [1.807, 2.05) is 31.2 Å². The molecule has 0 aromatic heterocycles. The summed E-state index contributed by atoms with van der Waals surface area (Å²) in [6.45, 7) is 4.09. The largest absolute Gasteiger partial charge is 0.457 e. The van der Waals surface area contributed by atoms with Crippen molar-refractivity contribution in [3.05, 3.63) is 59.2 Å². The van der Waals surface area contributed by atoms with Gasteiger partial charge in [-0.3, -0.25) is 5.41 Å². The lowest BCUT2D eigenvalue weighted by molar-refractivity contribution is 0.478. The van der Waals surface area contributed by atoms with Crippen molar-refractivity contribution in [2.75, 3.05) is 0 Å². The standard InChI is InChI=1S/C15H16N2O/c1-10-4-3-5-14(11(10)2)18-13-8-6-12(7-9-13)15(16)17/h3-9H,1-2H3,(H3,16,17). The molecule has 2 aromatic carbocycles. The molecule has 2 aromatic rings. The summed E-state index contributed by atoms with van der Waals surface area (Å²) in [5.74, 6) is 1.66. The van der Waals surface area contributed by atoms with Crippen LogP contribution >= 0.6 is 0 Å². The van der Waals surface area contributed by atoms with Crippen LogP contribution in [-0.4, -0.2) is 5.84 Å². The minimum absolute atomic E-state index is 0.0632. The number of rotatable bonds is 3. The fourth-order valence-electron chi connectivity index (χ4n) is 1.66. The highest BCUT2D eigenvalue weighted by atomic mass is 16.5. The first-order valence-corrected chi connectivity index (χ1v) is 5.76.